The molecule has 0 spiro atoms. The first kappa shape index (κ1) is 15.0. The summed E-state index contributed by atoms with van der Waals surface area (Å²) in [6, 6.07) is 5.63. The molecule has 112 valence electrons. The SMILES string of the molecule is COc1ccc(CN(C)C2CCNC2)cc1OC(F)F. The first-order valence-electron chi connectivity index (χ1n) is 6.63. The lowest BCUT2D eigenvalue weighted by Crippen LogP contribution is -2.32. The van der Waals surface area contributed by atoms with Gasteiger partial charge >= 0.3 is 6.61 Å². The van der Waals surface area contributed by atoms with Crippen molar-refractivity contribution in [1.82, 2.24) is 10.2 Å². The highest BCUT2D eigenvalue weighted by Crippen LogP contribution is 2.30. The van der Waals surface area contributed by atoms with Crippen LogP contribution in [0.3, 0.4) is 0 Å². The van der Waals surface area contributed by atoms with Gasteiger partial charge in [0.25, 0.3) is 0 Å². The Bertz CT molecular complexity index is 437. The largest absolute Gasteiger partial charge is 0.493 e. The molecule has 1 fully saturated rings. The predicted octanol–water partition coefficient (Wildman–Crippen LogP) is 2.09. The monoisotopic (exact) mass is 286 g/mol. The van der Waals surface area contributed by atoms with E-state index in [4.69, 9.17) is 4.74 Å². The van der Waals surface area contributed by atoms with Gasteiger partial charge in [0.2, 0.25) is 0 Å². The molecule has 0 radical (unpaired) electrons. The molecule has 1 saturated heterocycles. The lowest BCUT2D eigenvalue weighted by molar-refractivity contribution is -0.0512. The van der Waals surface area contributed by atoms with E-state index in [-0.39, 0.29) is 5.75 Å². The maximum atomic E-state index is 12.4. The molecule has 1 atom stereocenters. The van der Waals surface area contributed by atoms with Crippen LogP contribution < -0.4 is 14.8 Å². The number of nitrogens with one attached hydrogen (secondary N) is 1. The number of rotatable bonds is 6. The summed E-state index contributed by atoms with van der Waals surface area (Å²) in [4.78, 5) is 2.22. The summed E-state index contributed by atoms with van der Waals surface area (Å²) in [6.07, 6.45) is 1.10. The normalized spacial score (nSPS) is 18.8. The van der Waals surface area contributed by atoms with Gasteiger partial charge < -0.3 is 14.8 Å². The van der Waals surface area contributed by atoms with Crippen LogP contribution in [-0.2, 0) is 6.54 Å². The Balaban J connectivity index is 2.07. The highest BCUT2D eigenvalue weighted by molar-refractivity contribution is 5.43. The maximum absolute atomic E-state index is 12.4. The molecule has 4 nitrogen and oxygen atoms in total. The van der Waals surface area contributed by atoms with E-state index in [1.807, 2.05) is 13.1 Å². The Morgan fingerprint density at radius 1 is 1.40 bits per heavy atom. The number of ether oxygens (including phenoxy) is 2. The van der Waals surface area contributed by atoms with Crippen LogP contribution in [-0.4, -0.2) is 44.8 Å². The molecule has 6 heteroatoms. The van der Waals surface area contributed by atoms with Crippen molar-refractivity contribution in [3.63, 3.8) is 0 Å². The van der Waals surface area contributed by atoms with Crippen LogP contribution in [0, 0.1) is 0 Å². The zero-order valence-electron chi connectivity index (χ0n) is 11.7. The van der Waals surface area contributed by atoms with Gasteiger partial charge in [-0.1, -0.05) is 6.07 Å². The highest BCUT2D eigenvalue weighted by Gasteiger charge is 2.19. The molecule has 2 rings (SSSR count). The molecule has 0 saturated carbocycles. The molecule has 0 amide bonds. The van der Waals surface area contributed by atoms with Gasteiger partial charge in [-0.3, -0.25) is 4.90 Å². The van der Waals surface area contributed by atoms with Gasteiger partial charge in [0.05, 0.1) is 7.11 Å². The third-order valence-electron chi connectivity index (χ3n) is 3.53. The molecule has 0 aliphatic carbocycles. The van der Waals surface area contributed by atoms with E-state index in [9.17, 15) is 8.78 Å². The van der Waals surface area contributed by atoms with Crippen LogP contribution in [0.2, 0.25) is 0 Å². The van der Waals surface area contributed by atoms with Crippen molar-refractivity contribution in [3.05, 3.63) is 23.8 Å². The van der Waals surface area contributed by atoms with Crippen LogP contribution in [0.15, 0.2) is 18.2 Å². The van der Waals surface area contributed by atoms with Crippen molar-refractivity contribution in [3.8, 4) is 11.5 Å². The van der Waals surface area contributed by atoms with E-state index in [0.29, 0.717) is 18.3 Å². The van der Waals surface area contributed by atoms with Crippen molar-refractivity contribution in [2.45, 2.75) is 25.6 Å². The lowest BCUT2D eigenvalue weighted by atomic mass is 10.1. The Labute approximate surface area is 117 Å². The fraction of sp³-hybridized carbons (Fsp3) is 0.571. The molecule has 1 unspecified atom stereocenters. The molecule has 20 heavy (non-hydrogen) atoms. The van der Waals surface area contributed by atoms with Crippen molar-refractivity contribution in [1.29, 1.82) is 0 Å². The second kappa shape index (κ2) is 6.85. The van der Waals surface area contributed by atoms with Gasteiger partial charge in [-0.05, 0) is 37.7 Å². The number of methoxy groups -OCH3 is 1. The van der Waals surface area contributed by atoms with Crippen LogP contribution in [0.5, 0.6) is 11.5 Å². The van der Waals surface area contributed by atoms with Crippen molar-refractivity contribution < 1.29 is 18.3 Å². The fourth-order valence-corrected chi connectivity index (χ4v) is 2.44. The van der Waals surface area contributed by atoms with E-state index in [1.165, 1.54) is 7.11 Å². The Hall–Kier alpha value is -1.40. The Morgan fingerprint density at radius 3 is 2.80 bits per heavy atom. The van der Waals surface area contributed by atoms with E-state index in [0.717, 1.165) is 25.1 Å². The first-order valence-corrected chi connectivity index (χ1v) is 6.63. The van der Waals surface area contributed by atoms with Crippen molar-refractivity contribution in [2.75, 3.05) is 27.2 Å². The summed E-state index contributed by atoms with van der Waals surface area (Å²) in [5, 5.41) is 3.31. The quantitative estimate of drug-likeness (QED) is 0.868. The molecule has 1 heterocycles. The van der Waals surface area contributed by atoms with E-state index < -0.39 is 6.61 Å². The molecule has 1 aliphatic heterocycles. The third-order valence-corrected chi connectivity index (χ3v) is 3.53. The molecule has 1 aromatic rings. The van der Waals surface area contributed by atoms with Gasteiger partial charge in [0.1, 0.15) is 0 Å². The minimum Gasteiger partial charge on any atom is -0.493 e. The van der Waals surface area contributed by atoms with Crippen LogP contribution in [0.25, 0.3) is 0 Å². The zero-order valence-corrected chi connectivity index (χ0v) is 11.7. The van der Waals surface area contributed by atoms with Gasteiger partial charge in [-0.15, -0.1) is 0 Å². The highest BCUT2D eigenvalue weighted by atomic mass is 19.3. The van der Waals surface area contributed by atoms with Gasteiger partial charge in [0, 0.05) is 19.1 Å². The number of hydrogen-bond donors (Lipinski definition) is 1. The molecule has 0 bridgehead atoms. The number of halogens is 2. The first-order chi connectivity index (χ1) is 9.60. The van der Waals surface area contributed by atoms with Gasteiger partial charge in [-0.25, -0.2) is 0 Å². The zero-order chi connectivity index (χ0) is 14.5. The molecular formula is C14H20F2N2O2. The van der Waals surface area contributed by atoms with Crippen LogP contribution >= 0.6 is 0 Å². The number of nitrogens with zero attached hydrogens (tertiary/aromatic N) is 1. The van der Waals surface area contributed by atoms with E-state index in [1.54, 1.807) is 12.1 Å². The predicted molar refractivity (Wildman–Crippen MR) is 72.4 cm³/mol. The van der Waals surface area contributed by atoms with E-state index in [2.05, 4.69) is 15.0 Å². The van der Waals surface area contributed by atoms with Gasteiger partial charge in [-0.2, -0.15) is 8.78 Å². The average Bonchev–Trinajstić information content (AvgIpc) is 2.92. The number of alkyl halides is 2. The summed E-state index contributed by atoms with van der Waals surface area (Å²) < 4.78 is 34.3. The maximum Gasteiger partial charge on any atom is 0.387 e. The third kappa shape index (κ3) is 3.80. The summed E-state index contributed by atoms with van der Waals surface area (Å²) in [5.41, 5.74) is 0.927. The fourth-order valence-electron chi connectivity index (χ4n) is 2.44. The smallest absolute Gasteiger partial charge is 0.387 e. The lowest BCUT2D eigenvalue weighted by Gasteiger charge is -2.23. The number of likely N-dealkylation sites (N-methyl/N-ethyl adjacent to an activating group) is 1. The van der Waals surface area contributed by atoms with Crippen molar-refractivity contribution in [2.24, 2.45) is 0 Å². The minimum atomic E-state index is -2.85. The summed E-state index contributed by atoms with van der Waals surface area (Å²) in [5.74, 6) is 0.400. The molecule has 1 N–H and O–H groups in total. The van der Waals surface area contributed by atoms with Crippen molar-refractivity contribution >= 4 is 0 Å². The topological polar surface area (TPSA) is 33.7 Å². The molecule has 1 aliphatic rings. The summed E-state index contributed by atoms with van der Waals surface area (Å²) >= 11 is 0. The second-order valence-electron chi connectivity index (χ2n) is 4.93. The van der Waals surface area contributed by atoms with E-state index >= 15 is 0 Å². The van der Waals surface area contributed by atoms with Crippen LogP contribution in [0.1, 0.15) is 12.0 Å². The van der Waals surface area contributed by atoms with Crippen LogP contribution in [0.4, 0.5) is 8.78 Å². The second-order valence-corrected chi connectivity index (χ2v) is 4.93. The molecule has 0 aromatic heterocycles. The summed E-state index contributed by atoms with van der Waals surface area (Å²) in [6.45, 7) is -0.170. The number of benzene rings is 1. The number of hydrogen-bond acceptors (Lipinski definition) is 4. The summed E-state index contributed by atoms with van der Waals surface area (Å²) in [7, 11) is 3.47. The average molecular weight is 286 g/mol. The van der Waals surface area contributed by atoms with Gasteiger partial charge in [0.15, 0.2) is 11.5 Å². The Kier molecular flexibility index (Phi) is 5.14. The Morgan fingerprint density at radius 2 is 2.20 bits per heavy atom. The molecule has 1 aromatic carbocycles. The minimum absolute atomic E-state index is 0.0814. The molecular weight excluding hydrogens is 266 g/mol. The standard InChI is InChI=1S/C14H20F2N2O2/c1-18(11-5-6-17-8-11)9-10-3-4-12(19-2)13(7-10)20-14(15)16/h3-4,7,11,14,17H,5-6,8-9H2,1-2H3.